The third-order valence-corrected chi connectivity index (χ3v) is 5.28. The highest BCUT2D eigenvalue weighted by Crippen LogP contribution is 2.38. The van der Waals surface area contributed by atoms with Crippen molar-refractivity contribution in [3.63, 3.8) is 0 Å². The molecule has 6 N–H and O–H groups in total. The summed E-state index contributed by atoms with van der Waals surface area (Å²) in [5.41, 5.74) is 11.9. The fourth-order valence-electron chi connectivity index (χ4n) is 3.04. The molecule has 1 aromatic rings. The number of nitrogens with two attached hydrogens (primary N) is 2. The number of hydrogen-bond donors (Lipinski definition) is 4. The van der Waals surface area contributed by atoms with Crippen molar-refractivity contribution in [1.82, 2.24) is 0 Å². The predicted octanol–water partition coefficient (Wildman–Crippen LogP) is 2.62. The Morgan fingerprint density at radius 1 is 1.12 bits per heavy atom. The van der Waals surface area contributed by atoms with Gasteiger partial charge in [0, 0.05) is 3.57 Å². The van der Waals surface area contributed by atoms with Gasteiger partial charge in [0.25, 0.3) is 0 Å². The molecule has 1 atom stereocenters. The summed E-state index contributed by atoms with van der Waals surface area (Å²) in [4.78, 5) is 21.0. The zero-order valence-corrected chi connectivity index (χ0v) is 16.4. The van der Waals surface area contributed by atoms with E-state index in [4.69, 9.17) is 21.7 Å². The average molecular weight is 462 g/mol. The molecule has 1 aliphatic rings. The highest BCUT2D eigenvalue weighted by atomic mass is 127. The van der Waals surface area contributed by atoms with E-state index in [2.05, 4.69) is 22.6 Å². The van der Waals surface area contributed by atoms with Crippen molar-refractivity contribution in [2.24, 2.45) is 16.9 Å². The lowest BCUT2D eigenvalue weighted by atomic mass is 9.72. The van der Waals surface area contributed by atoms with Gasteiger partial charge in [0.05, 0.1) is 6.42 Å². The predicted molar refractivity (Wildman–Crippen MR) is 105 cm³/mol. The van der Waals surface area contributed by atoms with Gasteiger partial charge in [-0.15, -0.1) is 0 Å². The van der Waals surface area contributed by atoms with Gasteiger partial charge >= 0.3 is 11.9 Å². The minimum Gasteiger partial charge on any atom is -0.481 e. The van der Waals surface area contributed by atoms with Gasteiger partial charge in [-0.25, -0.2) is 0 Å². The maximum absolute atomic E-state index is 10.6. The van der Waals surface area contributed by atoms with Crippen molar-refractivity contribution in [2.75, 3.05) is 6.54 Å². The van der Waals surface area contributed by atoms with Crippen molar-refractivity contribution in [2.45, 2.75) is 51.0 Å². The number of carboxylic acid groups (broad SMARTS) is 2. The molecule has 0 aromatic heterocycles. The number of benzene rings is 1. The van der Waals surface area contributed by atoms with Crippen LogP contribution in [0.3, 0.4) is 0 Å². The molecule has 0 aliphatic heterocycles. The normalized spacial score (nSPS) is 17.1. The van der Waals surface area contributed by atoms with Crippen LogP contribution in [-0.2, 0) is 16.0 Å². The Hall–Kier alpha value is -1.19. The molecule has 1 aromatic carbocycles. The molecule has 0 heterocycles. The van der Waals surface area contributed by atoms with Gasteiger partial charge in [0.15, 0.2) is 0 Å². The zero-order chi connectivity index (χ0) is 18.9. The van der Waals surface area contributed by atoms with Crippen molar-refractivity contribution < 1.29 is 19.8 Å². The fourth-order valence-corrected chi connectivity index (χ4v) is 3.40. The van der Waals surface area contributed by atoms with Gasteiger partial charge in [-0.05, 0) is 71.5 Å². The largest absolute Gasteiger partial charge is 0.481 e. The first-order valence-electron chi connectivity index (χ1n) is 8.43. The molecule has 25 heavy (non-hydrogen) atoms. The summed E-state index contributed by atoms with van der Waals surface area (Å²) < 4.78 is 1.13. The van der Waals surface area contributed by atoms with Gasteiger partial charge in [-0.3, -0.25) is 9.59 Å². The maximum Gasteiger partial charge on any atom is 0.320 e. The molecule has 140 valence electrons. The maximum atomic E-state index is 10.6. The van der Waals surface area contributed by atoms with Crippen molar-refractivity contribution >= 4 is 34.5 Å². The smallest absolute Gasteiger partial charge is 0.320 e. The van der Waals surface area contributed by atoms with Crippen LogP contribution < -0.4 is 11.5 Å². The second kappa shape index (κ2) is 10.7. The second-order valence-electron chi connectivity index (χ2n) is 6.61. The van der Waals surface area contributed by atoms with Crippen LogP contribution in [-0.4, -0.2) is 34.7 Å². The number of carbonyl (C=O) groups is 2. The third kappa shape index (κ3) is 8.15. The van der Waals surface area contributed by atoms with E-state index in [0.29, 0.717) is 13.0 Å². The van der Waals surface area contributed by atoms with E-state index in [-0.39, 0.29) is 11.8 Å². The monoisotopic (exact) mass is 462 g/mol. The van der Waals surface area contributed by atoms with Crippen LogP contribution in [0, 0.1) is 8.99 Å². The third-order valence-electron chi connectivity index (χ3n) is 4.56. The minimum atomic E-state index is -0.960. The summed E-state index contributed by atoms with van der Waals surface area (Å²) in [7, 11) is 0. The Morgan fingerprint density at radius 3 is 2.12 bits per heavy atom. The average Bonchev–Trinajstić information content (AvgIpc) is 2.57. The summed E-state index contributed by atoms with van der Waals surface area (Å²) in [5, 5.41) is 17.3. The van der Waals surface area contributed by atoms with Gasteiger partial charge in [-0.1, -0.05) is 31.4 Å². The number of carboxylic acids is 2. The molecule has 0 unspecified atom stereocenters. The fraction of sp³-hybridized carbons (Fsp3) is 0.556. The van der Waals surface area contributed by atoms with Crippen LogP contribution in [0.2, 0.25) is 0 Å². The van der Waals surface area contributed by atoms with E-state index in [0.717, 1.165) is 34.8 Å². The Morgan fingerprint density at radius 2 is 1.68 bits per heavy atom. The van der Waals surface area contributed by atoms with E-state index in [1.807, 2.05) is 24.3 Å². The number of hydrogen-bond acceptors (Lipinski definition) is 4. The van der Waals surface area contributed by atoms with Crippen LogP contribution in [0.15, 0.2) is 24.3 Å². The molecule has 0 radical (unpaired) electrons. The first-order chi connectivity index (χ1) is 11.8. The SMILES string of the molecule is NCC1(CC(=O)O)CCCCC1.N[C@@H](Cc1ccc(I)cc1)C(=O)O. The van der Waals surface area contributed by atoms with Crippen LogP contribution in [0.25, 0.3) is 0 Å². The molecule has 1 aliphatic carbocycles. The summed E-state index contributed by atoms with van der Waals surface area (Å²) in [5.74, 6) is -1.67. The Kier molecular flexibility index (Phi) is 9.37. The van der Waals surface area contributed by atoms with E-state index in [1.54, 1.807) is 0 Å². The molecule has 6 nitrogen and oxygen atoms in total. The zero-order valence-electron chi connectivity index (χ0n) is 14.3. The van der Waals surface area contributed by atoms with Gasteiger partial charge in [-0.2, -0.15) is 0 Å². The molecule has 0 amide bonds. The second-order valence-corrected chi connectivity index (χ2v) is 7.86. The Bertz CT molecular complexity index is 557. The van der Waals surface area contributed by atoms with Crippen molar-refractivity contribution in [3.05, 3.63) is 33.4 Å². The van der Waals surface area contributed by atoms with E-state index >= 15 is 0 Å². The van der Waals surface area contributed by atoms with E-state index < -0.39 is 18.0 Å². The first kappa shape index (κ1) is 21.9. The van der Waals surface area contributed by atoms with Crippen LogP contribution in [0.4, 0.5) is 0 Å². The summed E-state index contributed by atoms with van der Waals surface area (Å²) in [6.45, 7) is 0.527. The number of aliphatic carboxylic acids is 2. The first-order valence-corrected chi connectivity index (χ1v) is 9.50. The highest BCUT2D eigenvalue weighted by Gasteiger charge is 2.32. The molecular weight excluding hydrogens is 435 g/mol. The Labute approximate surface area is 162 Å². The topological polar surface area (TPSA) is 127 Å². The summed E-state index contributed by atoms with van der Waals surface area (Å²) in [6.07, 6.45) is 6.15. The molecule has 1 saturated carbocycles. The quantitative estimate of drug-likeness (QED) is 0.482. The molecule has 0 spiro atoms. The molecule has 2 rings (SSSR count). The lowest BCUT2D eigenvalue weighted by Gasteiger charge is -2.34. The van der Waals surface area contributed by atoms with Crippen molar-refractivity contribution in [1.29, 1.82) is 0 Å². The number of rotatable bonds is 6. The molecule has 7 heteroatoms. The van der Waals surface area contributed by atoms with Gasteiger partial charge in [0.1, 0.15) is 6.04 Å². The standard InChI is InChI=1S/C9H10INO2.C9H17NO2/c10-7-3-1-6(2-4-7)5-8(11)9(12)13;10-7-9(6-8(11)12)4-2-1-3-5-9/h1-4,8H,5,11H2,(H,12,13);1-7,10H2,(H,11,12)/t8-;/m0./s1. The van der Waals surface area contributed by atoms with Crippen molar-refractivity contribution in [3.8, 4) is 0 Å². The minimum absolute atomic E-state index is 0.0793. The highest BCUT2D eigenvalue weighted by molar-refractivity contribution is 14.1. The summed E-state index contributed by atoms with van der Waals surface area (Å²) >= 11 is 2.20. The lowest BCUT2D eigenvalue weighted by Crippen LogP contribution is -2.34. The van der Waals surface area contributed by atoms with Crippen LogP contribution >= 0.6 is 22.6 Å². The van der Waals surface area contributed by atoms with Gasteiger partial charge in [0.2, 0.25) is 0 Å². The molecule has 1 fully saturated rings. The van der Waals surface area contributed by atoms with Gasteiger partial charge < -0.3 is 21.7 Å². The van der Waals surface area contributed by atoms with Crippen LogP contribution in [0.5, 0.6) is 0 Å². The summed E-state index contributed by atoms with van der Waals surface area (Å²) in [6, 6.07) is 6.85. The van der Waals surface area contributed by atoms with Crippen LogP contribution in [0.1, 0.15) is 44.1 Å². The lowest BCUT2D eigenvalue weighted by molar-refractivity contribution is -0.140. The van der Waals surface area contributed by atoms with E-state index in [1.165, 1.54) is 6.42 Å². The molecule has 0 saturated heterocycles. The molecule has 0 bridgehead atoms. The molecular formula is C18H27IN2O4. The number of halogens is 1. The van der Waals surface area contributed by atoms with E-state index in [9.17, 15) is 9.59 Å². The Balaban J connectivity index is 0.000000251.